The van der Waals surface area contributed by atoms with Gasteiger partial charge in [-0.1, -0.05) is 6.92 Å². The maximum absolute atomic E-state index is 8.21. The molecule has 1 saturated carbocycles. The van der Waals surface area contributed by atoms with Crippen molar-refractivity contribution >= 4 is 5.71 Å². The Balaban J connectivity index is 2.31. The summed E-state index contributed by atoms with van der Waals surface area (Å²) in [5, 5.41) is 8.21. The number of aliphatic imine (C=N–C) groups is 1. The van der Waals surface area contributed by atoms with Crippen LogP contribution in [0.2, 0.25) is 0 Å². The Bertz CT molecular complexity index is 149. The van der Waals surface area contributed by atoms with E-state index in [0.29, 0.717) is 5.92 Å². The van der Waals surface area contributed by atoms with Crippen LogP contribution >= 0.6 is 0 Å². The van der Waals surface area contributed by atoms with Gasteiger partial charge in [0.15, 0.2) is 0 Å². The molecule has 0 bridgehead atoms. The standard InChI is InChI=1S/C7H11NO/c1-2-6-5-7(6)8-3-4-9/h3-4,6,9H,2,5H2,1H3/b4-3-,8-7?. The minimum atomic E-state index is 0.709. The summed E-state index contributed by atoms with van der Waals surface area (Å²) in [6, 6.07) is 0. The molecule has 0 heterocycles. The van der Waals surface area contributed by atoms with Crippen molar-refractivity contribution in [2.24, 2.45) is 10.9 Å². The van der Waals surface area contributed by atoms with E-state index in [9.17, 15) is 0 Å². The van der Waals surface area contributed by atoms with Gasteiger partial charge in [-0.05, 0) is 12.8 Å². The summed E-state index contributed by atoms with van der Waals surface area (Å²) in [4.78, 5) is 3.99. The molecule has 0 aliphatic heterocycles. The molecule has 2 heteroatoms. The summed E-state index contributed by atoms with van der Waals surface area (Å²) in [6.45, 7) is 2.15. The highest BCUT2D eigenvalue weighted by atomic mass is 16.2. The fraction of sp³-hybridized carbons (Fsp3) is 0.571. The Morgan fingerprint density at radius 2 is 2.67 bits per heavy atom. The summed E-state index contributed by atoms with van der Waals surface area (Å²) in [5.41, 5.74) is 1.22. The highest BCUT2D eigenvalue weighted by Gasteiger charge is 2.28. The van der Waals surface area contributed by atoms with Gasteiger partial charge in [0.25, 0.3) is 0 Å². The van der Waals surface area contributed by atoms with Crippen LogP contribution in [-0.4, -0.2) is 10.8 Å². The van der Waals surface area contributed by atoms with Gasteiger partial charge in [0.1, 0.15) is 0 Å². The van der Waals surface area contributed by atoms with Gasteiger partial charge in [-0.15, -0.1) is 0 Å². The van der Waals surface area contributed by atoms with E-state index in [0.717, 1.165) is 12.7 Å². The van der Waals surface area contributed by atoms with Crippen LogP contribution in [0.4, 0.5) is 0 Å². The molecule has 0 spiro atoms. The third-order valence-electron chi connectivity index (χ3n) is 1.57. The van der Waals surface area contributed by atoms with Crippen molar-refractivity contribution in [2.75, 3.05) is 0 Å². The van der Waals surface area contributed by atoms with Gasteiger partial charge >= 0.3 is 0 Å². The smallest absolute Gasteiger partial charge is 0.0974 e. The molecule has 0 aromatic rings. The Labute approximate surface area is 54.9 Å². The minimum Gasteiger partial charge on any atom is -0.514 e. The van der Waals surface area contributed by atoms with E-state index < -0.39 is 0 Å². The third-order valence-corrected chi connectivity index (χ3v) is 1.57. The molecule has 0 amide bonds. The first-order valence-electron chi connectivity index (χ1n) is 3.24. The zero-order valence-electron chi connectivity index (χ0n) is 5.54. The van der Waals surface area contributed by atoms with Crippen molar-refractivity contribution < 1.29 is 5.11 Å². The molecule has 0 saturated heterocycles. The summed E-state index contributed by atoms with van der Waals surface area (Å²) >= 11 is 0. The van der Waals surface area contributed by atoms with Crippen LogP contribution in [0.15, 0.2) is 17.5 Å². The molecular formula is C7H11NO. The highest BCUT2D eigenvalue weighted by Crippen LogP contribution is 2.28. The van der Waals surface area contributed by atoms with Crippen molar-refractivity contribution in [3.05, 3.63) is 12.5 Å². The second-order valence-corrected chi connectivity index (χ2v) is 2.23. The van der Waals surface area contributed by atoms with Gasteiger partial charge in [-0.25, -0.2) is 0 Å². The Morgan fingerprint density at radius 1 is 1.89 bits per heavy atom. The first kappa shape index (κ1) is 6.33. The quantitative estimate of drug-likeness (QED) is 0.561. The topological polar surface area (TPSA) is 32.6 Å². The van der Waals surface area contributed by atoms with E-state index in [-0.39, 0.29) is 0 Å². The van der Waals surface area contributed by atoms with Crippen LogP contribution in [0, 0.1) is 5.92 Å². The molecule has 1 atom stereocenters. The number of aliphatic hydroxyl groups is 1. The average molecular weight is 125 g/mol. The molecule has 0 aromatic heterocycles. The molecule has 1 aliphatic rings. The lowest BCUT2D eigenvalue weighted by atomic mass is 10.3. The molecule has 1 aliphatic carbocycles. The molecule has 1 unspecified atom stereocenters. The van der Waals surface area contributed by atoms with Crippen LogP contribution in [0.25, 0.3) is 0 Å². The van der Waals surface area contributed by atoms with E-state index in [1.807, 2.05) is 0 Å². The normalized spacial score (nSPS) is 29.9. The lowest BCUT2D eigenvalue weighted by Crippen LogP contribution is -1.72. The molecule has 2 nitrogen and oxygen atoms in total. The predicted octanol–water partition coefficient (Wildman–Crippen LogP) is 1.89. The van der Waals surface area contributed by atoms with E-state index in [2.05, 4.69) is 11.9 Å². The number of aliphatic hydroxyl groups excluding tert-OH is 1. The first-order chi connectivity index (χ1) is 4.38. The summed E-state index contributed by atoms with van der Waals surface area (Å²) in [7, 11) is 0. The Kier molecular flexibility index (Phi) is 1.88. The van der Waals surface area contributed by atoms with Gasteiger partial charge < -0.3 is 5.11 Å². The van der Waals surface area contributed by atoms with Gasteiger partial charge in [-0.2, -0.15) is 0 Å². The monoisotopic (exact) mass is 125 g/mol. The molecule has 0 radical (unpaired) electrons. The number of hydrogen-bond acceptors (Lipinski definition) is 2. The van der Waals surface area contributed by atoms with E-state index >= 15 is 0 Å². The second kappa shape index (κ2) is 2.67. The maximum Gasteiger partial charge on any atom is 0.0974 e. The van der Waals surface area contributed by atoms with Crippen molar-refractivity contribution in [1.82, 2.24) is 0 Å². The van der Waals surface area contributed by atoms with Crippen molar-refractivity contribution in [1.29, 1.82) is 0 Å². The number of rotatable bonds is 2. The van der Waals surface area contributed by atoms with Crippen LogP contribution in [0.3, 0.4) is 0 Å². The van der Waals surface area contributed by atoms with Crippen LogP contribution in [-0.2, 0) is 0 Å². The minimum absolute atomic E-state index is 0.709. The van der Waals surface area contributed by atoms with Gasteiger partial charge in [0, 0.05) is 11.6 Å². The van der Waals surface area contributed by atoms with Crippen molar-refractivity contribution in [3.63, 3.8) is 0 Å². The van der Waals surface area contributed by atoms with E-state index in [4.69, 9.17) is 5.11 Å². The van der Waals surface area contributed by atoms with E-state index in [1.54, 1.807) is 0 Å². The predicted molar refractivity (Wildman–Crippen MR) is 37.6 cm³/mol. The van der Waals surface area contributed by atoms with Crippen LogP contribution in [0.1, 0.15) is 19.8 Å². The largest absolute Gasteiger partial charge is 0.514 e. The zero-order chi connectivity index (χ0) is 6.69. The van der Waals surface area contributed by atoms with Crippen molar-refractivity contribution in [2.45, 2.75) is 19.8 Å². The van der Waals surface area contributed by atoms with Crippen molar-refractivity contribution in [3.8, 4) is 0 Å². The zero-order valence-corrected chi connectivity index (χ0v) is 5.54. The molecule has 50 valence electrons. The second-order valence-electron chi connectivity index (χ2n) is 2.23. The summed E-state index contributed by atoms with van der Waals surface area (Å²) in [5.74, 6) is 0.709. The molecule has 0 aromatic carbocycles. The van der Waals surface area contributed by atoms with E-state index in [1.165, 1.54) is 18.3 Å². The lowest BCUT2D eigenvalue weighted by Gasteiger charge is -1.77. The SMILES string of the molecule is CCC1CC1=N/C=C\O. The fourth-order valence-corrected chi connectivity index (χ4v) is 0.861. The van der Waals surface area contributed by atoms with Gasteiger partial charge in [0.2, 0.25) is 0 Å². The fourth-order valence-electron chi connectivity index (χ4n) is 0.861. The summed E-state index contributed by atoms with van der Waals surface area (Å²) in [6.07, 6.45) is 4.71. The molecule has 1 N–H and O–H groups in total. The number of nitrogens with zero attached hydrogens (tertiary/aromatic N) is 1. The molecule has 1 rings (SSSR count). The first-order valence-corrected chi connectivity index (χ1v) is 3.24. The van der Waals surface area contributed by atoms with Crippen LogP contribution in [0.5, 0.6) is 0 Å². The van der Waals surface area contributed by atoms with Gasteiger partial charge in [0.05, 0.1) is 12.5 Å². The average Bonchev–Trinajstić information content (AvgIpc) is 2.62. The number of hydrogen-bond donors (Lipinski definition) is 1. The Morgan fingerprint density at radius 3 is 3.11 bits per heavy atom. The molecule has 1 fully saturated rings. The summed E-state index contributed by atoms with van der Waals surface area (Å²) < 4.78 is 0. The lowest BCUT2D eigenvalue weighted by molar-refractivity contribution is 0.472. The molecular weight excluding hydrogens is 114 g/mol. The third kappa shape index (κ3) is 1.56. The van der Waals surface area contributed by atoms with Crippen LogP contribution < -0.4 is 0 Å². The highest BCUT2D eigenvalue weighted by molar-refractivity contribution is 6.01. The Hall–Kier alpha value is -0.790. The maximum atomic E-state index is 8.21. The van der Waals surface area contributed by atoms with Gasteiger partial charge in [-0.3, -0.25) is 4.99 Å². The molecule has 9 heavy (non-hydrogen) atoms.